The molecule has 0 aromatic rings. The van der Waals surface area contributed by atoms with Crippen molar-refractivity contribution in [2.75, 3.05) is 14.2 Å². The molecule has 0 aliphatic rings. The topological polar surface area (TPSA) is 21.3 Å². The summed E-state index contributed by atoms with van der Waals surface area (Å²) in [7, 11) is 3.76. The Morgan fingerprint density at radius 1 is 0.583 bits per heavy atom. The van der Waals surface area contributed by atoms with Crippen LogP contribution in [-0.2, 0) is 4.74 Å². The molecule has 0 saturated carbocycles. The van der Waals surface area contributed by atoms with Gasteiger partial charge in [0.25, 0.3) is 0 Å². The molecule has 0 aromatic heterocycles. The van der Waals surface area contributed by atoms with Crippen LogP contribution in [-0.4, -0.2) is 20.4 Å². The first-order chi connectivity index (χ1) is 11.8. The zero-order valence-electron chi connectivity index (χ0n) is 17.2. The molecule has 0 fully saturated rings. The molecular formula is C22H47NO. The van der Waals surface area contributed by atoms with E-state index in [1.54, 1.807) is 7.11 Å². The summed E-state index contributed by atoms with van der Waals surface area (Å²) in [4.78, 5) is 0. The molecule has 0 aliphatic carbocycles. The van der Waals surface area contributed by atoms with E-state index < -0.39 is 0 Å². The third-order valence-corrected chi connectivity index (χ3v) is 5.18. The molecule has 1 atom stereocenters. The predicted molar refractivity (Wildman–Crippen MR) is 109 cm³/mol. The Labute approximate surface area is 153 Å². The smallest absolute Gasteiger partial charge is 0.107 e. The molecule has 0 amide bonds. The van der Waals surface area contributed by atoms with Crippen LogP contribution in [0.3, 0.4) is 0 Å². The molecule has 146 valence electrons. The van der Waals surface area contributed by atoms with Crippen molar-refractivity contribution in [2.24, 2.45) is 0 Å². The van der Waals surface area contributed by atoms with E-state index in [2.05, 4.69) is 12.2 Å². The zero-order valence-corrected chi connectivity index (χ0v) is 17.2. The third kappa shape index (κ3) is 18.3. The van der Waals surface area contributed by atoms with Gasteiger partial charge in [0.05, 0.1) is 0 Å². The Morgan fingerprint density at radius 2 is 0.917 bits per heavy atom. The third-order valence-electron chi connectivity index (χ3n) is 5.18. The summed E-state index contributed by atoms with van der Waals surface area (Å²) in [5.74, 6) is 0. The van der Waals surface area contributed by atoms with Gasteiger partial charge in [-0.25, -0.2) is 0 Å². The van der Waals surface area contributed by atoms with Crippen molar-refractivity contribution >= 4 is 0 Å². The van der Waals surface area contributed by atoms with Crippen LogP contribution in [0.5, 0.6) is 0 Å². The molecule has 0 bridgehead atoms. The number of rotatable bonds is 20. The standard InChI is InChI=1S/C22H47NO/c1-4-5-6-7-8-9-10-11-12-13-14-15-16-17-18-19-20-21-22(23-2)24-3/h22-23H,4-21H2,1-3H3. The normalized spacial score (nSPS) is 12.6. The van der Waals surface area contributed by atoms with Gasteiger partial charge in [0.2, 0.25) is 0 Å². The average Bonchev–Trinajstić information content (AvgIpc) is 2.61. The minimum Gasteiger partial charge on any atom is -0.367 e. The monoisotopic (exact) mass is 341 g/mol. The van der Waals surface area contributed by atoms with Crippen molar-refractivity contribution in [1.29, 1.82) is 0 Å². The van der Waals surface area contributed by atoms with Gasteiger partial charge >= 0.3 is 0 Å². The van der Waals surface area contributed by atoms with Crippen LogP contribution in [0.2, 0.25) is 0 Å². The summed E-state index contributed by atoms with van der Waals surface area (Å²) in [6.07, 6.45) is 25.8. The molecule has 0 saturated heterocycles. The van der Waals surface area contributed by atoms with Crippen LogP contribution < -0.4 is 5.32 Å². The lowest BCUT2D eigenvalue weighted by Crippen LogP contribution is -2.26. The number of hydrogen-bond acceptors (Lipinski definition) is 2. The highest BCUT2D eigenvalue weighted by molar-refractivity contribution is 4.53. The van der Waals surface area contributed by atoms with Gasteiger partial charge in [0.1, 0.15) is 6.23 Å². The fraction of sp³-hybridized carbons (Fsp3) is 1.00. The van der Waals surface area contributed by atoms with Gasteiger partial charge in [-0.1, -0.05) is 110 Å². The quantitative estimate of drug-likeness (QED) is 0.186. The van der Waals surface area contributed by atoms with Gasteiger partial charge in [-0.05, 0) is 19.9 Å². The number of unbranched alkanes of at least 4 members (excludes halogenated alkanes) is 16. The fourth-order valence-corrected chi connectivity index (χ4v) is 3.43. The maximum absolute atomic E-state index is 5.32. The molecule has 2 nitrogen and oxygen atoms in total. The lowest BCUT2D eigenvalue weighted by molar-refractivity contribution is 0.0713. The highest BCUT2D eigenvalue weighted by Gasteiger charge is 2.02. The van der Waals surface area contributed by atoms with Crippen LogP contribution in [0.25, 0.3) is 0 Å². The Hall–Kier alpha value is -0.0800. The van der Waals surface area contributed by atoms with Crippen LogP contribution in [0.15, 0.2) is 0 Å². The molecule has 0 spiro atoms. The van der Waals surface area contributed by atoms with Gasteiger partial charge in [0, 0.05) is 7.11 Å². The second-order valence-electron chi connectivity index (χ2n) is 7.46. The van der Waals surface area contributed by atoms with E-state index in [9.17, 15) is 0 Å². The predicted octanol–water partition coefficient (Wildman–Crippen LogP) is 7.22. The van der Waals surface area contributed by atoms with Gasteiger partial charge in [-0.3, -0.25) is 5.32 Å². The minimum atomic E-state index is 0.251. The number of hydrogen-bond donors (Lipinski definition) is 1. The second kappa shape index (κ2) is 21.0. The van der Waals surface area contributed by atoms with E-state index in [1.807, 2.05) is 7.05 Å². The number of ether oxygens (including phenoxy) is 1. The van der Waals surface area contributed by atoms with Crippen molar-refractivity contribution in [3.63, 3.8) is 0 Å². The minimum absolute atomic E-state index is 0.251. The van der Waals surface area contributed by atoms with Crippen molar-refractivity contribution in [2.45, 2.75) is 129 Å². The molecule has 0 aliphatic heterocycles. The summed E-state index contributed by atoms with van der Waals surface area (Å²) in [6, 6.07) is 0. The van der Waals surface area contributed by atoms with E-state index >= 15 is 0 Å². The second-order valence-corrected chi connectivity index (χ2v) is 7.46. The first-order valence-corrected chi connectivity index (χ1v) is 11.0. The van der Waals surface area contributed by atoms with E-state index in [-0.39, 0.29) is 6.23 Å². The Bertz CT molecular complexity index is 216. The van der Waals surface area contributed by atoms with E-state index in [0.29, 0.717) is 0 Å². The van der Waals surface area contributed by atoms with Gasteiger partial charge in [-0.15, -0.1) is 0 Å². The molecule has 0 radical (unpaired) electrons. The molecule has 0 rings (SSSR count). The summed E-state index contributed by atoms with van der Waals surface area (Å²) >= 11 is 0. The Morgan fingerprint density at radius 3 is 1.21 bits per heavy atom. The Balaban J connectivity index is 3.03. The summed E-state index contributed by atoms with van der Waals surface area (Å²) < 4.78 is 5.32. The zero-order chi connectivity index (χ0) is 17.7. The summed E-state index contributed by atoms with van der Waals surface area (Å²) in [6.45, 7) is 2.29. The van der Waals surface area contributed by atoms with Gasteiger partial charge < -0.3 is 4.74 Å². The molecular weight excluding hydrogens is 294 g/mol. The number of methoxy groups -OCH3 is 1. The van der Waals surface area contributed by atoms with Crippen LogP contribution in [0.1, 0.15) is 122 Å². The fourth-order valence-electron chi connectivity index (χ4n) is 3.43. The van der Waals surface area contributed by atoms with E-state index in [4.69, 9.17) is 4.74 Å². The Kier molecular flexibility index (Phi) is 20.9. The van der Waals surface area contributed by atoms with Crippen molar-refractivity contribution in [3.8, 4) is 0 Å². The molecule has 0 heterocycles. The first kappa shape index (κ1) is 23.9. The van der Waals surface area contributed by atoms with Gasteiger partial charge in [0.15, 0.2) is 0 Å². The molecule has 0 aromatic carbocycles. The number of nitrogens with one attached hydrogen (secondary N) is 1. The molecule has 24 heavy (non-hydrogen) atoms. The lowest BCUT2D eigenvalue weighted by atomic mass is 10.0. The highest BCUT2D eigenvalue weighted by atomic mass is 16.5. The van der Waals surface area contributed by atoms with Crippen LogP contribution in [0, 0.1) is 0 Å². The molecule has 1 unspecified atom stereocenters. The average molecular weight is 342 g/mol. The van der Waals surface area contributed by atoms with Crippen molar-refractivity contribution in [3.05, 3.63) is 0 Å². The van der Waals surface area contributed by atoms with Gasteiger partial charge in [-0.2, -0.15) is 0 Å². The molecule has 1 N–H and O–H groups in total. The summed E-state index contributed by atoms with van der Waals surface area (Å²) in [5.41, 5.74) is 0. The maximum atomic E-state index is 5.32. The van der Waals surface area contributed by atoms with E-state index in [0.717, 1.165) is 6.42 Å². The van der Waals surface area contributed by atoms with E-state index in [1.165, 1.54) is 109 Å². The van der Waals surface area contributed by atoms with Crippen molar-refractivity contribution < 1.29 is 4.74 Å². The van der Waals surface area contributed by atoms with Crippen LogP contribution >= 0.6 is 0 Å². The first-order valence-electron chi connectivity index (χ1n) is 11.0. The SMILES string of the molecule is CCCCCCCCCCCCCCCCCCCC(NC)OC. The summed E-state index contributed by atoms with van der Waals surface area (Å²) in [5, 5.41) is 3.18. The van der Waals surface area contributed by atoms with Crippen LogP contribution in [0.4, 0.5) is 0 Å². The largest absolute Gasteiger partial charge is 0.367 e. The van der Waals surface area contributed by atoms with Crippen molar-refractivity contribution in [1.82, 2.24) is 5.32 Å². The molecule has 2 heteroatoms. The lowest BCUT2D eigenvalue weighted by Gasteiger charge is -2.13. The highest BCUT2D eigenvalue weighted by Crippen LogP contribution is 2.14. The maximum Gasteiger partial charge on any atom is 0.107 e.